The summed E-state index contributed by atoms with van der Waals surface area (Å²) in [5.74, 6) is -1.07. The summed E-state index contributed by atoms with van der Waals surface area (Å²) in [5, 5.41) is 9.97. The van der Waals surface area contributed by atoms with Crippen LogP contribution in [-0.2, 0) is 29.5 Å². The Morgan fingerprint density at radius 1 is 0.750 bits per heavy atom. The van der Waals surface area contributed by atoms with Crippen LogP contribution in [-0.4, -0.2) is 51.0 Å². The first kappa shape index (κ1) is 28.9. The minimum atomic E-state index is -4.04. The molecule has 0 atom stereocenters. The highest BCUT2D eigenvalue weighted by Gasteiger charge is 2.29. The van der Waals surface area contributed by atoms with Gasteiger partial charge in [-0.25, -0.2) is 17.5 Å². The number of carboxylic acids is 1. The summed E-state index contributed by atoms with van der Waals surface area (Å²) in [5.41, 5.74) is 3.42. The molecule has 4 rings (SSSR count). The van der Waals surface area contributed by atoms with Crippen molar-refractivity contribution in [2.75, 3.05) is 32.1 Å². The van der Waals surface area contributed by atoms with Crippen molar-refractivity contribution in [3.8, 4) is 5.75 Å². The molecule has 0 aliphatic carbocycles. The van der Waals surface area contributed by atoms with Crippen molar-refractivity contribution >= 4 is 21.7 Å². The van der Waals surface area contributed by atoms with Gasteiger partial charge in [-0.3, -0.25) is 0 Å². The number of sulfonamides is 1. The lowest BCUT2D eigenvalue weighted by molar-refractivity contribution is 0.0696. The van der Waals surface area contributed by atoms with Crippen LogP contribution in [0.2, 0.25) is 0 Å². The van der Waals surface area contributed by atoms with E-state index in [2.05, 4.69) is 0 Å². The molecule has 7 nitrogen and oxygen atoms in total. The van der Waals surface area contributed by atoms with Crippen molar-refractivity contribution in [1.29, 1.82) is 0 Å². The van der Waals surface area contributed by atoms with E-state index in [1.807, 2.05) is 95.9 Å². The van der Waals surface area contributed by atoms with Crippen LogP contribution in [0.1, 0.15) is 27.0 Å². The maximum absolute atomic E-state index is 13.5. The van der Waals surface area contributed by atoms with Gasteiger partial charge in [0, 0.05) is 27.2 Å². The summed E-state index contributed by atoms with van der Waals surface area (Å²) in [7, 11) is -1.19. The number of benzene rings is 4. The standard InChI is InChI=1S/C32H34N2O5S/c1-33(2)40(37,38)30-23-28(32(35)36)22-29(31(30)39-24-27-16-10-5-11-17-27)34(20-18-25-12-6-3-7-13-25)21-19-26-14-8-4-9-15-26/h3-17,22-23H,18-21,24H2,1-2H3,(H,35,36). The average molecular weight is 559 g/mol. The molecule has 0 spiro atoms. The first-order chi connectivity index (χ1) is 19.3. The average Bonchev–Trinajstić information content (AvgIpc) is 2.97. The minimum Gasteiger partial charge on any atom is -0.485 e. The van der Waals surface area contributed by atoms with Crippen LogP contribution < -0.4 is 9.64 Å². The van der Waals surface area contributed by atoms with Crippen LogP contribution in [0.3, 0.4) is 0 Å². The monoisotopic (exact) mass is 558 g/mol. The van der Waals surface area contributed by atoms with Crippen molar-refractivity contribution in [3.63, 3.8) is 0 Å². The highest BCUT2D eigenvalue weighted by atomic mass is 32.2. The molecule has 8 heteroatoms. The fraction of sp³-hybridized carbons (Fsp3) is 0.219. The van der Waals surface area contributed by atoms with Gasteiger partial charge >= 0.3 is 5.97 Å². The van der Waals surface area contributed by atoms with E-state index < -0.39 is 16.0 Å². The Balaban J connectivity index is 1.83. The Bertz CT molecular complexity index is 1470. The van der Waals surface area contributed by atoms with Crippen molar-refractivity contribution in [2.24, 2.45) is 0 Å². The molecule has 4 aromatic carbocycles. The number of ether oxygens (including phenoxy) is 1. The van der Waals surface area contributed by atoms with E-state index in [1.54, 1.807) is 0 Å². The smallest absolute Gasteiger partial charge is 0.335 e. The van der Waals surface area contributed by atoms with Crippen LogP contribution in [0, 0.1) is 0 Å². The van der Waals surface area contributed by atoms with E-state index in [-0.39, 0.29) is 22.8 Å². The van der Waals surface area contributed by atoms with E-state index in [0.717, 1.165) is 21.0 Å². The summed E-state index contributed by atoms with van der Waals surface area (Å²) in [4.78, 5) is 14.1. The van der Waals surface area contributed by atoms with Crippen molar-refractivity contribution in [3.05, 3.63) is 125 Å². The fourth-order valence-corrected chi connectivity index (χ4v) is 5.45. The molecule has 0 aromatic heterocycles. The molecule has 0 bridgehead atoms. The maximum Gasteiger partial charge on any atom is 0.335 e. The molecule has 0 unspecified atom stereocenters. The lowest BCUT2D eigenvalue weighted by atomic mass is 10.1. The van der Waals surface area contributed by atoms with E-state index in [1.165, 1.54) is 26.2 Å². The molecule has 0 heterocycles. The minimum absolute atomic E-state index is 0.119. The topological polar surface area (TPSA) is 87.2 Å². The summed E-state index contributed by atoms with van der Waals surface area (Å²) in [6.07, 6.45) is 1.36. The number of aromatic carboxylic acids is 1. The molecule has 0 radical (unpaired) electrons. The Morgan fingerprint density at radius 3 is 1.68 bits per heavy atom. The van der Waals surface area contributed by atoms with Crippen molar-refractivity contribution in [2.45, 2.75) is 24.3 Å². The van der Waals surface area contributed by atoms with Crippen LogP contribution in [0.15, 0.2) is 108 Å². The second-order valence-electron chi connectivity index (χ2n) is 9.65. The molecule has 1 N–H and O–H groups in total. The van der Waals surface area contributed by atoms with Crippen LogP contribution >= 0.6 is 0 Å². The zero-order valence-electron chi connectivity index (χ0n) is 22.7. The summed E-state index contributed by atoms with van der Waals surface area (Å²) < 4.78 is 34.4. The summed E-state index contributed by atoms with van der Waals surface area (Å²) in [6, 6.07) is 32.2. The molecule has 0 saturated heterocycles. The van der Waals surface area contributed by atoms with Gasteiger partial charge in [0.25, 0.3) is 0 Å². The van der Waals surface area contributed by atoms with E-state index in [0.29, 0.717) is 31.6 Å². The molecule has 208 valence electrons. The number of carbonyl (C=O) groups is 1. The Kier molecular flexibility index (Phi) is 9.58. The summed E-state index contributed by atoms with van der Waals surface area (Å²) >= 11 is 0. The van der Waals surface area contributed by atoms with Gasteiger partial charge in [0.1, 0.15) is 11.5 Å². The number of hydrogen-bond acceptors (Lipinski definition) is 5. The third-order valence-electron chi connectivity index (χ3n) is 6.63. The highest BCUT2D eigenvalue weighted by molar-refractivity contribution is 7.89. The van der Waals surface area contributed by atoms with Gasteiger partial charge in [0.05, 0.1) is 11.3 Å². The molecular weight excluding hydrogens is 524 g/mol. The van der Waals surface area contributed by atoms with Gasteiger partial charge in [0.15, 0.2) is 5.75 Å². The SMILES string of the molecule is CN(C)S(=O)(=O)c1cc(C(=O)O)cc(N(CCc2ccccc2)CCc2ccccc2)c1OCc1ccccc1. The number of rotatable bonds is 13. The van der Waals surface area contributed by atoms with Crippen LogP contribution in [0.4, 0.5) is 5.69 Å². The molecule has 0 aliphatic rings. The third-order valence-corrected chi connectivity index (χ3v) is 8.45. The zero-order valence-corrected chi connectivity index (χ0v) is 23.5. The van der Waals surface area contributed by atoms with Crippen LogP contribution in [0.25, 0.3) is 0 Å². The number of hydrogen-bond donors (Lipinski definition) is 1. The quantitative estimate of drug-likeness (QED) is 0.233. The van der Waals surface area contributed by atoms with Gasteiger partial charge in [-0.2, -0.15) is 0 Å². The number of carboxylic acid groups (broad SMARTS) is 1. The van der Waals surface area contributed by atoms with Gasteiger partial charge < -0.3 is 14.7 Å². The van der Waals surface area contributed by atoms with E-state index >= 15 is 0 Å². The number of anilines is 1. The molecule has 0 amide bonds. The molecule has 4 aromatic rings. The zero-order chi connectivity index (χ0) is 28.5. The Hall–Kier alpha value is -4.14. The van der Waals surface area contributed by atoms with Crippen molar-refractivity contribution in [1.82, 2.24) is 4.31 Å². The third kappa shape index (κ3) is 7.28. The molecular formula is C32H34N2O5S. The van der Waals surface area contributed by atoms with E-state index in [4.69, 9.17) is 4.74 Å². The first-order valence-corrected chi connectivity index (χ1v) is 14.5. The second kappa shape index (κ2) is 13.3. The Morgan fingerprint density at radius 2 is 1.23 bits per heavy atom. The predicted molar refractivity (Wildman–Crippen MR) is 158 cm³/mol. The maximum atomic E-state index is 13.5. The van der Waals surface area contributed by atoms with Gasteiger partial charge in [-0.05, 0) is 41.7 Å². The molecule has 0 aliphatic heterocycles. The Labute approximate surface area is 236 Å². The second-order valence-corrected chi connectivity index (χ2v) is 11.8. The lowest BCUT2D eigenvalue weighted by Crippen LogP contribution is -2.30. The fourth-order valence-electron chi connectivity index (χ4n) is 4.38. The largest absolute Gasteiger partial charge is 0.485 e. The number of nitrogens with zero attached hydrogens (tertiary/aromatic N) is 2. The molecule has 0 saturated carbocycles. The molecule has 40 heavy (non-hydrogen) atoms. The normalized spacial score (nSPS) is 11.4. The first-order valence-electron chi connectivity index (χ1n) is 13.1. The van der Waals surface area contributed by atoms with E-state index in [9.17, 15) is 18.3 Å². The predicted octanol–water partition coefficient (Wildman–Crippen LogP) is 5.51. The highest BCUT2D eigenvalue weighted by Crippen LogP contribution is 2.39. The van der Waals surface area contributed by atoms with Gasteiger partial charge in [0.2, 0.25) is 10.0 Å². The van der Waals surface area contributed by atoms with Gasteiger partial charge in [-0.1, -0.05) is 91.0 Å². The van der Waals surface area contributed by atoms with Crippen LogP contribution in [0.5, 0.6) is 5.75 Å². The van der Waals surface area contributed by atoms with Gasteiger partial charge in [-0.15, -0.1) is 0 Å². The van der Waals surface area contributed by atoms with Crippen molar-refractivity contribution < 1.29 is 23.1 Å². The summed E-state index contributed by atoms with van der Waals surface area (Å²) in [6.45, 7) is 1.19. The lowest BCUT2D eigenvalue weighted by Gasteiger charge is -2.29. The molecule has 0 fully saturated rings.